The Bertz CT molecular complexity index is 481. The summed E-state index contributed by atoms with van der Waals surface area (Å²) in [4.78, 5) is 14.6. The molecule has 3 heteroatoms. The highest BCUT2D eigenvalue weighted by atomic mass is 16.2. The van der Waals surface area contributed by atoms with Crippen molar-refractivity contribution < 1.29 is 4.79 Å². The molecule has 1 aliphatic heterocycles. The van der Waals surface area contributed by atoms with Crippen LogP contribution in [-0.4, -0.2) is 28.5 Å². The van der Waals surface area contributed by atoms with E-state index in [4.69, 9.17) is 0 Å². The number of amides is 1. The molecule has 0 spiro atoms. The van der Waals surface area contributed by atoms with Crippen molar-refractivity contribution in [3.05, 3.63) is 36.2 Å². The van der Waals surface area contributed by atoms with Gasteiger partial charge in [-0.1, -0.05) is 11.6 Å². The van der Waals surface area contributed by atoms with Crippen molar-refractivity contribution in [2.45, 2.75) is 45.1 Å². The maximum atomic E-state index is 12.6. The van der Waals surface area contributed by atoms with Crippen LogP contribution in [0.5, 0.6) is 0 Å². The molecule has 3 nitrogen and oxygen atoms in total. The first kappa shape index (κ1) is 13.5. The van der Waals surface area contributed by atoms with Crippen LogP contribution in [0.4, 0.5) is 0 Å². The Labute approximate surface area is 121 Å². The van der Waals surface area contributed by atoms with E-state index in [9.17, 15) is 4.79 Å². The van der Waals surface area contributed by atoms with Crippen molar-refractivity contribution in [2.24, 2.45) is 5.92 Å². The lowest BCUT2D eigenvalue weighted by Gasteiger charge is -2.34. The van der Waals surface area contributed by atoms with E-state index in [0.717, 1.165) is 45.2 Å². The zero-order valence-electron chi connectivity index (χ0n) is 12.3. The number of carbonyl (C=O) groups is 1. The lowest BCUT2D eigenvalue weighted by atomic mass is 9.84. The first-order valence-corrected chi connectivity index (χ1v) is 7.81. The largest absolute Gasteiger partial charge is 0.351 e. The first-order valence-electron chi connectivity index (χ1n) is 7.81. The summed E-state index contributed by atoms with van der Waals surface area (Å²) >= 11 is 0. The fourth-order valence-electron chi connectivity index (χ4n) is 3.57. The molecule has 0 atom stereocenters. The van der Waals surface area contributed by atoms with E-state index >= 15 is 0 Å². The van der Waals surface area contributed by atoms with Gasteiger partial charge in [-0.25, -0.2) is 0 Å². The molecule has 1 aliphatic carbocycles. The second kappa shape index (κ2) is 5.86. The standard InChI is InChI=1S/C17H24N2O/c1-14-5-4-12-19(13-14)17(20)15-6-8-16(9-7-15)18-10-2-3-11-18/h2-3,5,10-11,15-16H,4,6-9,12-13H2,1H3. The van der Waals surface area contributed by atoms with Crippen LogP contribution in [-0.2, 0) is 4.79 Å². The lowest BCUT2D eigenvalue weighted by Crippen LogP contribution is -2.40. The highest BCUT2D eigenvalue weighted by Crippen LogP contribution is 2.33. The molecule has 1 aromatic heterocycles. The lowest BCUT2D eigenvalue weighted by molar-refractivity contribution is -0.136. The smallest absolute Gasteiger partial charge is 0.225 e. The zero-order valence-corrected chi connectivity index (χ0v) is 12.3. The summed E-state index contributed by atoms with van der Waals surface area (Å²) in [6, 6.07) is 4.76. The molecule has 1 amide bonds. The van der Waals surface area contributed by atoms with Crippen molar-refractivity contribution in [3.63, 3.8) is 0 Å². The SMILES string of the molecule is CC1=CCCN(C(=O)C2CCC(n3cccc3)CC2)C1. The van der Waals surface area contributed by atoms with Gasteiger partial charge in [0.2, 0.25) is 5.91 Å². The molecule has 1 aromatic rings. The zero-order chi connectivity index (χ0) is 13.9. The minimum atomic E-state index is 0.257. The van der Waals surface area contributed by atoms with Crippen LogP contribution >= 0.6 is 0 Å². The van der Waals surface area contributed by atoms with Gasteiger partial charge in [-0.15, -0.1) is 0 Å². The fraction of sp³-hybridized carbons (Fsp3) is 0.588. The molecule has 0 aromatic carbocycles. The van der Waals surface area contributed by atoms with Gasteiger partial charge in [-0.3, -0.25) is 4.79 Å². The quantitative estimate of drug-likeness (QED) is 0.758. The van der Waals surface area contributed by atoms with Crippen molar-refractivity contribution in [3.8, 4) is 0 Å². The summed E-state index contributed by atoms with van der Waals surface area (Å²) in [5.41, 5.74) is 1.34. The maximum absolute atomic E-state index is 12.6. The third kappa shape index (κ3) is 2.82. The molecular weight excluding hydrogens is 248 g/mol. The summed E-state index contributed by atoms with van der Waals surface area (Å²) in [6.45, 7) is 3.88. The van der Waals surface area contributed by atoms with Crippen LogP contribution in [0.15, 0.2) is 36.2 Å². The fourth-order valence-corrected chi connectivity index (χ4v) is 3.57. The van der Waals surface area contributed by atoms with Crippen LogP contribution in [0.1, 0.15) is 45.1 Å². The third-order valence-corrected chi connectivity index (χ3v) is 4.74. The molecular formula is C17H24N2O. The van der Waals surface area contributed by atoms with Gasteiger partial charge in [0, 0.05) is 37.4 Å². The van der Waals surface area contributed by atoms with Crippen molar-refractivity contribution in [2.75, 3.05) is 13.1 Å². The topological polar surface area (TPSA) is 25.2 Å². The first-order chi connectivity index (χ1) is 9.74. The van der Waals surface area contributed by atoms with E-state index in [-0.39, 0.29) is 5.92 Å². The van der Waals surface area contributed by atoms with Crippen LogP contribution in [0, 0.1) is 5.92 Å². The molecule has 0 unspecified atom stereocenters. The average molecular weight is 272 g/mol. The second-order valence-electron chi connectivity index (χ2n) is 6.23. The molecule has 20 heavy (non-hydrogen) atoms. The minimum Gasteiger partial charge on any atom is -0.351 e. The Morgan fingerprint density at radius 1 is 1.15 bits per heavy atom. The number of hydrogen-bond donors (Lipinski definition) is 0. The Morgan fingerprint density at radius 2 is 1.85 bits per heavy atom. The van der Waals surface area contributed by atoms with Gasteiger partial charge in [0.15, 0.2) is 0 Å². The van der Waals surface area contributed by atoms with Gasteiger partial charge in [0.05, 0.1) is 0 Å². The Hall–Kier alpha value is -1.51. The predicted molar refractivity (Wildman–Crippen MR) is 80.4 cm³/mol. The van der Waals surface area contributed by atoms with E-state index in [2.05, 4.69) is 47.0 Å². The van der Waals surface area contributed by atoms with E-state index < -0.39 is 0 Å². The maximum Gasteiger partial charge on any atom is 0.225 e. The molecule has 2 heterocycles. The summed E-state index contributed by atoms with van der Waals surface area (Å²) in [6.07, 6.45) is 11.9. The second-order valence-corrected chi connectivity index (χ2v) is 6.23. The van der Waals surface area contributed by atoms with Gasteiger partial charge >= 0.3 is 0 Å². The Morgan fingerprint density at radius 3 is 2.50 bits per heavy atom. The van der Waals surface area contributed by atoms with Crippen LogP contribution < -0.4 is 0 Å². The third-order valence-electron chi connectivity index (χ3n) is 4.74. The van der Waals surface area contributed by atoms with Gasteiger partial charge in [0.25, 0.3) is 0 Å². The predicted octanol–water partition coefficient (Wildman–Crippen LogP) is 3.40. The van der Waals surface area contributed by atoms with Crippen LogP contribution in [0.25, 0.3) is 0 Å². The molecule has 0 saturated heterocycles. The molecule has 0 N–H and O–H groups in total. The van der Waals surface area contributed by atoms with Crippen molar-refractivity contribution in [1.29, 1.82) is 0 Å². The normalized spacial score (nSPS) is 27.2. The number of aromatic nitrogens is 1. The highest BCUT2D eigenvalue weighted by molar-refractivity contribution is 5.79. The number of rotatable bonds is 2. The van der Waals surface area contributed by atoms with Crippen molar-refractivity contribution in [1.82, 2.24) is 9.47 Å². The summed E-state index contributed by atoms with van der Waals surface area (Å²) < 4.78 is 2.30. The Kier molecular flexibility index (Phi) is 3.95. The molecule has 3 rings (SSSR count). The summed E-state index contributed by atoms with van der Waals surface area (Å²) in [5, 5.41) is 0. The van der Waals surface area contributed by atoms with Gasteiger partial charge in [-0.2, -0.15) is 0 Å². The summed E-state index contributed by atoms with van der Waals surface area (Å²) in [5.74, 6) is 0.649. The summed E-state index contributed by atoms with van der Waals surface area (Å²) in [7, 11) is 0. The van der Waals surface area contributed by atoms with Crippen molar-refractivity contribution >= 4 is 5.91 Å². The minimum absolute atomic E-state index is 0.257. The molecule has 1 saturated carbocycles. The highest BCUT2D eigenvalue weighted by Gasteiger charge is 2.30. The van der Waals surface area contributed by atoms with Gasteiger partial charge in [-0.05, 0) is 51.2 Å². The van der Waals surface area contributed by atoms with E-state index in [1.807, 2.05) is 0 Å². The van der Waals surface area contributed by atoms with Gasteiger partial charge in [0.1, 0.15) is 0 Å². The molecule has 1 fully saturated rings. The molecule has 0 radical (unpaired) electrons. The number of nitrogens with zero attached hydrogens (tertiary/aromatic N) is 2. The number of carbonyl (C=O) groups excluding carboxylic acids is 1. The monoisotopic (exact) mass is 272 g/mol. The number of hydrogen-bond acceptors (Lipinski definition) is 1. The average Bonchev–Trinajstić information content (AvgIpc) is 3.01. The van der Waals surface area contributed by atoms with Crippen LogP contribution in [0.3, 0.4) is 0 Å². The van der Waals surface area contributed by atoms with Gasteiger partial charge < -0.3 is 9.47 Å². The molecule has 108 valence electrons. The van der Waals surface area contributed by atoms with E-state index in [1.165, 1.54) is 5.57 Å². The Balaban J connectivity index is 1.55. The van der Waals surface area contributed by atoms with E-state index in [0.29, 0.717) is 11.9 Å². The molecule has 2 aliphatic rings. The van der Waals surface area contributed by atoms with E-state index in [1.54, 1.807) is 0 Å². The van der Waals surface area contributed by atoms with Crippen LogP contribution in [0.2, 0.25) is 0 Å². The molecule has 0 bridgehead atoms.